The summed E-state index contributed by atoms with van der Waals surface area (Å²) in [6, 6.07) is 18.8. The van der Waals surface area contributed by atoms with Gasteiger partial charge in [0.15, 0.2) is 0 Å². The zero-order valence-corrected chi connectivity index (χ0v) is 15.5. The van der Waals surface area contributed by atoms with Gasteiger partial charge in [0, 0.05) is 11.5 Å². The topological polar surface area (TPSA) is 132 Å². The van der Waals surface area contributed by atoms with Crippen LogP contribution in [0.4, 0.5) is 0 Å². The number of allylic oxidation sites excluding steroid dienone is 1. The van der Waals surface area contributed by atoms with Gasteiger partial charge in [0.05, 0.1) is 24.8 Å². The molecule has 0 saturated carbocycles. The molecule has 2 atom stereocenters. The van der Waals surface area contributed by atoms with Crippen molar-refractivity contribution >= 4 is 11.8 Å². The van der Waals surface area contributed by atoms with Crippen LogP contribution in [0.5, 0.6) is 5.75 Å². The fraction of sp³-hybridized carbons (Fsp3) is 0.143. The Morgan fingerprint density at radius 2 is 1.79 bits per heavy atom. The van der Waals surface area contributed by atoms with Crippen molar-refractivity contribution in [3.05, 3.63) is 77.1 Å². The lowest BCUT2D eigenvalue weighted by Crippen LogP contribution is -2.54. The zero-order chi connectivity index (χ0) is 21.0. The van der Waals surface area contributed by atoms with Gasteiger partial charge in [-0.3, -0.25) is 15.0 Å². The first-order valence-electron chi connectivity index (χ1n) is 8.65. The van der Waals surface area contributed by atoms with Crippen molar-refractivity contribution in [2.24, 2.45) is 11.7 Å². The van der Waals surface area contributed by atoms with Crippen molar-refractivity contribution in [3.8, 4) is 17.9 Å². The maximum atomic E-state index is 12.9. The second-order valence-electron chi connectivity index (χ2n) is 6.25. The number of carbonyl (C=O) groups excluding carboxylic acids is 2. The highest BCUT2D eigenvalue weighted by Crippen LogP contribution is 2.38. The van der Waals surface area contributed by atoms with E-state index in [1.807, 2.05) is 12.1 Å². The van der Waals surface area contributed by atoms with Gasteiger partial charge in [-0.15, -0.1) is 0 Å². The molecule has 0 saturated heterocycles. The molecule has 0 aliphatic carbocycles. The molecular formula is C21H17N5O3. The van der Waals surface area contributed by atoms with Crippen LogP contribution in [-0.4, -0.2) is 23.9 Å². The summed E-state index contributed by atoms with van der Waals surface area (Å²) in [7, 11) is 1.52. The number of hydrogen-bond acceptors (Lipinski definition) is 6. The van der Waals surface area contributed by atoms with Crippen molar-refractivity contribution in [1.82, 2.24) is 10.4 Å². The fourth-order valence-electron chi connectivity index (χ4n) is 3.14. The molecule has 29 heavy (non-hydrogen) atoms. The first-order chi connectivity index (χ1) is 14.0. The zero-order valence-electron chi connectivity index (χ0n) is 15.5. The molecule has 2 aromatic carbocycles. The molecular weight excluding hydrogens is 370 g/mol. The van der Waals surface area contributed by atoms with Crippen LogP contribution in [0.25, 0.3) is 0 Å². The predicted octanol–water partition coefficient (Wildman–Crippen LogP) is 1.80. The molecule has 1 heterocycles. The number of nitriles is 2. The molecule has 2 amide bonds. The third-order valence-corrected chi connectivity index (χ3v) is 4.63. The number of nitrogens with zero attached hydrogens (tertiary/aromatic N) is 3. The quantitative estimate of drug-likeness (QED) is 0.822. The van der Waals surface area contributed by atoms with Gasteiger partial charge in [0.1, 0.15) is 17.5 Å². The number of rotatable bonds is 4. The molecule has 1 aliphatic heterocycles. The molecule has 8 nitrogen and oxygen atoms in total. The van der Waals surface area contributed by atoms with Crippen LogP contribution in [-0.2, 0) is 4.79 Å². The lowest BCUT2D eigenvalue weighted by molar-refractivity contribution is -0.135. The number of amides is 2. The number of hydrogen-bond donors (Lipinski definition) is 2. The van der Waals surface area contributed by atoms with Gasteiger partial charge < -0.3 is 10.5 Å². The van der Waals surface area contributed by atoms with Crippen molar-refractivity contribution in [2.45, 2.75) is 5.92 Å². The SMILES string of the molecule is COc1ccc(C2C(C#N)=C(N)N(NC(=O)c3ccccc3)C(=O)C2C#N)cc1. The van der Waals surface area contributed by atoms with Gasteiger partial charge in [-0.25, -0.2) is 5.01 Å². The number of methoxy groups -OCH3 is 1. The highest BCUT2D eigenvalue weighted by molar-refractivity contribution is 5.97. The average Bonchev–Trinajstić information content (AvgIpc) is 2.77. The first kappa shape index (κ1) is 19.5. The minimum Gasteiger partial charge on any atom is -0.497 e. The Morgan fingerprint density at radius 3 is 2.34 bits per heavy atom. The average molecular weight is 387 g/mol. The highest BCUT2D eigenvalue weighted by atomic mass is 16.5. The van der Waals surface area contributed by atoms with Gasteiger partial charge in [0.2, 0.25) is 0 Å². The summed E-state index contributed by atoms with van der Waals surface area (Å²) in [4.78, 5) is 25.4. The van der Waals surface area contributed by atoms with Gasteiger partial charge in [-0.1, -0.05) is 30.3 Å². The summed E-state index contributed by atoms with van der Waals surface area (Å²) < 4.78 is 5.12. The van der Waals surface area contributed by atoms with Crippen LogP contribution in [0, 0.1) is 28.6 Å². The van der Waals surface area contributed by atoms with E-state index >= 15 is 0 Å². The van der Waals surface area contributed by atoms with E-state index in [-0.39, 0.29) is 11.4 Å². The summed E-state index contributed by atoms with van der Waals surface area (Å²) in [5.74, 6) is -3.01. The maximum absolute atomic E-state index is 12.9. The van der Waals surface area contributed by atoms with Gasteiger partial charge in [-0.2, -0.15) is 10.5 Å². The summed E-state index contributed by atoms with van der Waals surface area (Å²) in [5, 5.41) is 20.1. The van der Waals surface area contributed by atoms with Crippen molar-refractivity contribution in [3.63, 3.8) is 0 Å². The number of carbonyl (C=O) groups is 2. The van der Waals surface area contributed by atoms with Gasteiger partial charge in [-0.05, 0) is 29.8 Å². The van der Waals surface area contributed by atoms with E-state index in [1.165, 1.54) is 7.11 Å². The van der Waals surface area contributed by atoms with E-state index < -0.39 is 23.7 Å². The summed E-state index contributed by atoms with van der Waals surface area (Å²) in [5.41, 5.74) is 9.35. The fourth-order valence-corrected chi connectivity index (χ4v) is 3.14. The van der Waals surface area contributed by atoms with Gasteiger partial charge >= 0.3 is 0 Å². The number of hydrazine groups is 1. The number of ether oxygens (including phenoxy) is 1. The summed E-state index contributed by atoms with van der Waals surface area (Å²) in [6.45, 7) is 0. The van der Waals surface area contributed by atoms with Crippen LogP contribution in [0.15, 0.2) is 66.0 Å². The molecule has 3 rings (SSSR count). The van der Waals surface area contributed by atoms with E-state index in [0.717, 1.165) is 5.01 Å². The van der Waals surface area contributed by atoms with Crippen LogP contribution < -0.4 is 15.9 Å². The molecule has 2 aromatic rings. The Kier molecular flexibility index (Phi) is 5.47. The Bertz CT molecular complexity index is 1050. The van der Waals surface area contributed by atoms with E-state index in [1.54, 1.807) is 54.6 Å². The molecule has 2 unspecified atom stereocenters. The lowest BCUT2D eigenvalue weighted by atomic mass is 9.78. The normalized spacial score (nSPS) is 18.6. The standard InChI is InChI=1S/C21H17N5O3/c1-29-15-9-7-13(8-10-15)18-16(11-22)19(24)26(21(28)17(18)12-23)25-20(27)14-5-3-2-4-6-14/h2-10,17-18H,24H2,1H3,(H,25,27). The Labute approximate surface area is 167 Å². The van der Waals surface area contributed by atoms with Crippen molar-refractivity contribution in [1.29, 1.82) is 10.5 Å². The smallest absolute Gasteiger partial charge is 0.270 e. The van der Waals surface area contributed by atoms with Crippen molar-refractivity contribution < 1.29 is 14.3 Å². The van der Waals surface area contributed by atoms with Crippen LogP contribution in [0.3, 0.4) is 0 Å². The van der Waals surface area contributed by atoms with E-state index in [9.17, 15) is 20.1 Å². The van der Waals surface area contributed by atoms with Crippen molar-refractivity contribution in [2.75, 3.05) is 7.11 Å². The van der Waals surface area contributed by atoms with E-state index in [4.69, 9.17) is 10.5 Å². The minimum atomic E-state index is -1.23. The summed E-state index contributed by atoms with van der Waals surface area (Å²) in [6.07, 6.45) is 0. The highest BCUT2D eigenvalue weighted by Gasteiger charge is 2.43. The Morgan fingerprint density at radius 1 is 1.14 bits per heavy atom. The van der Waals surface area contributed by atoms with Crippen LogP contribution >= 0.6 is 0 Å². The molecule has 0 fully saturated rings. The number of nitrogens with one attached hydrogen (secondary N) is 1. The van der Waals surface area contributed by atoms with E-state index in [0.29, 0.717) is 16.9 Å². The monoisotopic (exact) mass is 387 g/mol. The molecule has 1 aliphatic rings. The molecule has 0 bridgehead atoms. The minimum absolute atomic E-state index is 0.0229. The molecule has 144 valence electrons. The molecule has 0 aromatic heterocycles. The second-order valence-corrected chi connectivity index (χ2v) is 6.25. The third-order valence-electron chi connectivity index (χ3n) is 4.63. The van der Waals surface area contributed by atoms with Crippen LogP contribution in [0.2, 0.25) is 0 Å². The predicted molar refractivity (Wildman–Crippen MR) is 102 cm³/mol. The Hall–Kier alpha value is -4.30. The third kappa shape index (κ3) is 3.60. The number of benzene rings is 2. The van der Waals surface area contributed by atoms with Gasteiger partial charge in [0.25, 0.3) is 11.8 Å². The first-order valence-corrected chi connectivity index (χ1v) is 8.65. The largest absolute Gasteiger partial charge is 0.497 e. The molecule has 0 spiro atoms. The summed E-state index contributed by atoms with van der Waals surface area (Å²) >= 11 is 0. The number of nitrogens with two attached hydrogens (primary N) is 1. The maximum Gasteiger partial charge on any atom is 0.270 e. The second kappa shape index (κ2) is 8.15. The Balaban J connectivity index is 2.01. The molecule has 0 radical (unpaired) electrons. The van der Waals surface area contributed by atoms with Crippen LogP contribution in [0.1, 0.15) is 21.8 Å². The molecule has 8 heteroatoms. The van der Waals surface area contributed by atoms with E-state index in [2.05, 4.69) is 5.43 Å². The lowest BCUT2D eigenvalue weighted by Gasteiger charge is -2.34. The molecule has 3 N–H and O–H groups in total.